The fourth-order valence-corrected chi connectivity index (χ4v) is 3.00. The number of benzene rings is 1. The van der Waals surface area contributed by atoms with Crippen LogP contribution in [0.4, 0.5) is 0 Å². The van der Waals surface area contributed by atoms with Crippen molar-refractivity contribution in [3.63, 3.8) is 0 Å². The van der Waals surface area contributed by atoms with Crippen molar-refractivity contribution >= 4 is 10.9 Å². The largest absolute Gasteiger partial charge is 0.508 e. The van der Waals surface area contributed by atoms with Crippen molar-refractivity contribution < 1.29 is 5.11 Å². The summed E-state index contributed by atoms with van der Waals surface area (Å²) in [5, 5.41) is 13.2. The van der Waals surface area contributed by atoms with Crippen LogP contribution in [0.15, 0.2) is 27.8 Å². The molecule has 1 aromatic carbocycles. The van der Waals surface area contributed by atoms with Gasteiger partial charge in [0.25, 0.3) is 5.56 Å². The molecule has 1 saturated heterocycles. The number of hydrogen-bond acceptors (Lipinski definition) is 4. The molecule has 3 rings (SSSR count). The Morgan fingerprint density at radius 3 is 2.90 bits per heavy atom. The quantitative estimate of drug-likeness (QED) is 0.839. The molecule has 112 valence electrons. The molecule has 0 aliphatic carbocycles. The van der Waals surface area contributed by atoms with Gasteiger partial charge in [-0.05, 0) is 50.0 Å². The molecule has 0 amide bonds. The highest BCUT2D eigenvalue weighted by Gasteiger charge is 2.18. The van der Waals surface area contributed by atoms with E-state index in [1.165, 1.54) is 21.3 Å². The van der Waals surface area contributed by atoms with E-state index in [4.69, 9.17) is 0 Å². The van der Waals surface area contributed by atoms with Crippen molar-refractivity contribution in [1.82, 2.24) is 14.5 Å². The van der Waals surface area contributed by atoms with E-state index < -0.39 is 0 Å². The monoisotopic (exact) mass is 289 g/mol. The van der Waals surface area contributed by atoms with Gasteiger partial charge in [0, 0.05) is 13.6 Å². The van der Waals surface area contributed by atoms with Gasteiger partial charge in [-0.3, -0.25) is 13.9 Å². The fraction of sp³-hybridized carbons (Fsp3) is 0.467. The molecule has 2 aromatic rings. The lowest BCUT2D eigenvalue weighted by Gasteiger charge is -2.23. The van der Waals surface area contributed by atoms with Crippen LogP contribution in [0.3, 0.4) is 0 Å². The number of hydrogen-bond donors (Lipinski definition) is 2. The van der Waals surface area contributed by atoms with Crippen molar-refractivity contribution in [3.05, 3.63) is 39.0 Å². The van der Waals surface area contributed by atoms with Gasteiger partial charge < -0.3 is 10.4 Å². The second kappa shape index (κ2) is 5.37. The Balaban J connectivity index is 2.13. The highest BCUT2D eigenvalue weighted by molar-refractivity contribution is 5.79. The summed E-state index contributed by atoms with van der Waals surface area (Å²) in [5.74, 6) is 0.322. The van der Waals surface area contributed by atoms with Gasteiger partial charge in [0.05, 0.1) is 10.9 Å². The van der Waals surface area contributed by atoms with Gasteiger partial charge in [0.15, 0.2) is 0 Å². The fourth-order valence-electron chi connectivity index (χ4n) is 3.00. The van der Waals surface area contributed by atoms with Gasteiger partial charge in [-0.15, -0.1) is 0 Å². The van der Waals surface area contributed by atoms with E-state index in [1.54, 1.807) is 13.1 Å². The molecule has 6 nitrogen and oxygen atoms in total. The Hall–Kier alpha value is -2.08. The summed E-state index contributed by atoms with van der Waals surface area (Å²) < 4.78 is 2.76. The Morgan fingerprint density at radius 2 is 2.19 bits per heavy atom. The predicted molar refractivity (Wildman–Crippen MR) is 80.7 cm³/mol. The number of nitrogens with one attached hydrogen (secondary N) is 1. The Morgan fingerprint density at radius 1 is 1.38 bits per heavy atom. The average Bonchev–Trinajstić information content (AvgIpc) is 2.50. The van der Waals surface area contributed by atoms with Crippen LogP contribution >= 0.6 is 0 Å². The first-order chi connectivity index (χ1) is 10.1. The van der Waals surface area contributed by atoms with Gasteiger partial charge in [-0.1, -0.05) is 0 Å². The third kappa shape index (κ3) is 2.47. The molecular weight excluding hydrogens is 270 g/mol. The third-order valence-corrected chi connectivity index (χ3v) is 4.17. The van der Waals surface area contributed by atoms with Gasteiger partial charge in [-0.25, -0.2) is 4.79 Å². The second-order valence-electron chi connectivity index (χ2n) is 5.67. The molecule has 0 radical (unpaired) electrons. The number of phenols is 1. The van der Waals surface area contributed by atoms with E-state index in [0.717, 1.165) is 25.9 Å². The molecule has 1 aliphatic heterocycles. The topological polar surface area (TPSA) is 76.3 Å². The van der Waals surface area contributed by atoms with Gasteiger partial charge in [0.1, 0.15) is 5.75 Å². The minimum atomic E-state index is -0.324. The highest BCUT2D eigenvalue weighted by atomic mass is 16.3. The Kier molecular flexibility index (Phi) is 3.55. The summed E-state index contributed by atoms with van der Waals surface area (Å²) >= 11 is 0. The maximum atomic E-state index is 12.5. The SMILES string of the molecule is Cn1c(=O)n(CC2CCCNC2)c(=O)c2cc(O)ccc21. The summed E-state index contributed by atoms with van der Waals surface area (Å²) in [7, 11) is 1.65. The summed E-state index contributed by atoms with van der Waals surface area (Å²) in [5.41, 5.74) is -0.0841. The normalized spacial score (nSPS) is 19.0. The van der Waals surface area contributed by atoms with E-state index in [0.29, 0.717) is 23.4 Å². The maximum absolute atomic E-state index is 12.5. The molecular formula is C15H19N3O3. The summed E-state index contributed by atoms with van der Waals surface area (Å²) in [6, 6.07) is 4.50. The first-order valence-electron chi connectivity index (χ1n) is 7.21. The van der Waals surface area contributed by atoms with E-state index in [-0.39, 0.29) is 17.0 Å². The molecule has 1 unspecified atom stereocenters. The molecule has 1 aromatic heterocycles. The first kappa shape index (κ1) is 13.9. The Bertz CT molecular complexity index is 785. The summed E-state index contributed by atoms with van der Waals surface area (Å²) in [4.78, 5) is 25.0. The predicted octanol–water partition coefficient (Wildman–Crippen LogP) is 0.405. The number of fused-ring (bicyclic) bond motifs is 1. The molecule has 2 heterocycles. The van der Waals surface area contributed by atoms with Crippen molar-refractivity contribution in [2.45, 2.75) is 19.4 Å². The van der Waals surface area contributed by atoms with Gasteiger partial charge in [-0.2, -0.15) is 0 Å². The number of phenolic OH excluding ortho intramolecular Hbond substituents is 1. The van der Waals surface area contributed by atoms with Crippen LogP contribution in [-0.2, 0) is 13.6 Å². The molecule has 6 heteroatoms. The van der Waals surface area contributed by atoms with E-state index >= 15 is 0 Å². The number of piperidine rings is 1. The second-order valence-corrected chi connectivity index (χ2v) is 5.67. The lowest BCUT2D eigenvalue weighted by atomic mass is 10.00. The summed E-state index contributed by atoms with van der Waals surface area (Å²) in [6.07, 6.45) is 2.08. The molecule has 21 heavy (non-hydrogen) atoms. The number of aromatic hydroxyl groups is 1. The van der Waals surface area contributed by atoms with Gasteiger partial charge in [0.2, 0.25) is 0 Å². The van der Waals surface area contributed by atoms with Crippen LogP contribution in [0.5, 0.6) is 5.75 Å². The molecule has 0 saturated carbocycles. The molecule has 1 aliphatic rings. The third-order valence-electron chi connectivity index (χ3n) is 4.17. The molecule has 1 atom stereocenters. The average molecular weight is 289 g/mol. The van der Waals surface area contributed by atoms with E-state index in [1.807, 2.05) is 0 Å². The highest BCUT2D eigenvalue weighted by Crippen LogP contribution is 2.16. The Labute approximate surface area is 121 Å². The zero-order valence-electron chi connectivity index (χ0n) is 12.0. The van der Waals surface area contributed by atoms with Crippen LogP contribution in [0.2, 0.25) is 0 Å². The van der Waals surface area contributed by atoms with Crippen LogP contribution in [0, 0.1) is 5.92 Å². The number of rotatable bonds is 2. The lowest BCUT2D eigenvalue weighted by molar-refractivity contribution is 0.327. The molecule has 0 bridgehead atoms. The molecule has 2 N–H and O–H groups in total. The summed E-state index contributed by atoms with van der Waals surface area (Å²) in [6.45, 7) is 2.24. The van der Waals surface area contributed by atoms with Crippen molar-refractivity contribution in [3.8, 4) is 5.75 Å². The zero-order valence-corrected chi connectivity index (χ0v) is 12.0. The van der Waals surface area contributed by atoms with E-state index in [9.17, 15) is 14.7 Å². The zero-order chi connectivity index (χ0) is 15.0. The minimum Gasteiger partial charge on any atom is -0.508 e. The molecule has 1 fully saturated rings. The number of aryl methyl sites for hydroxylation is 1. The lowest BCUT2D eigenvalue weighted by Crippen LogP contribution is -2.43. The minimum absolute atomic E-state index is 0.0316. The van der Waals surface area contributed by atoms with Crippen molar-refractivity contribution in [1.29, 1.82) is 0 Å². The molecule has 0 spiro atoms. The van der Waals surface area contributed by atoms with Gasteiger partial charge >= 0.3 is 5.69 Å². The van der Waals surface area contributed by atoms with Crippen molar-refractivity contribution in [2.75, 3.05) is 13.1 Å². The number of aromatic nitrogens is 2. The van der Waals surface area contributed by atoms with Crippen LogP contribution < -0.4 is 16.6 Å². The number of nitrogens with zero attached hydrogens (tertiary/aromatic N) is 2. The first-order valence-corrected chi connectivity index (χ1v) is 7.21. The van der Waals surface area contributed by atoms with Crippen molar-refractivity contribution in [2.24, 2.45) is 13.0 Å². The van der Waals surface area contributed by atoms with E-state index in [2.05, 4.69) is 5.32 Å². The maximum Gasteiger partial charge on any atom is 0.331 e. The smallest absolute Gasteiger partial charge is 0.331 e. The standard InChI is InChI=1S/C15H19N3O3/c1-17-13-5-4-11(19)7-12(13)14(20)18(15(17)21)9-10-3-2-6-16-8-10/h4-5,7,10,16,19H,2-3,6,8-9H2,1H3. The van der Waals surface area contributed by atoms with Crippen LogP contribution in [0.25, 0.3) is 10.9 Å². The van der Waals surface area contributed by atoms with Crippen LogP contribution in [-0.4, -0.2) is 27.3 Å². The van der Waals surface area contributed by atoms with Crippen LogP contribution in [0.1, 0.15) is 12.8 Å².